The first-order valence-corrected chi connectivity index (χ1v) is 5.00. The first kappa shape index (κ1) is 6.13. The Bertz CT molecular complexity index is 517. The molecule has 0 saturated heterocycles. The molecular formula is C12H17N3O. The summed E-state index contributed by atoms with van der Waals surface area (Å²) in [6.45, 7) is -5.04. The van der Waals surface area contributed by atoms with Crippen LogP contribution in [0.25, 0.3) is 0 Å². The molecule has 86 valence electrons. The summed E-state index contributed by atoms with van der Waals surface area (Å²) in [5.41, 5.74) is 5.91. The van der Waals surface area contributed by atoms with E-state index in [1.165, 1.54) is 4.90 Å². The van der Waals surface area contributed by atoms with Gasteiger partial charge in [-0.15, -0.1) is 0 Å². The number of likely N-dealkylation sites (N-methyl/N-ethyl adjacent to an activating group) is 1. The SMILES string of the molecule is [2H]C([2H])([2H])C([2H])([2H])N(C[C@H]1COC(N)=N1)c1ccccc1. The Hall–Kier alpha value is -1.71. The molecule has 2 N–H and O–H groups in total. The van der Waals surface area contributed by atoms with Gasteiger partial charge >= 0.3 is 0 Å². The fourth-order valence-corrected chi connectivity index (χ4v) is 1.56. The Morgan fingerprint density at radius 2 is 2.44 bits per heavy atom. The number of hydrogen-bond acceptors (Lipinski definition) is 4. The van der Waals surface area contributed by atoms with Crippen molar-refractivity contribution in [2.45, 2.75) is 12.9 Å². The highest BCUT2D eigenvalue weighted by Gasteiger charge is 2.19. The Kier molecular flexibility index (Phi) is 1.87. The molecule has 0 amide bonds. The Morgan fingerprint density at radius 1 is 1.62 bits per heavy atom. The van der Waals surface area contributed by atoms with Crippen molar-refractivity contribution in [1.82, 2.24) is 0 Å². The van der Waals surface area contributed by atoms with Crippen molar-refractivity contribution in [2.75, 3.05) is 24.5 Å². The second kappa shape index (κ2) is 4.88. The fraction of sp³-hybridized carbons (Fsp3) is 0.417. The number of anilines is 1. The van der Waals surface area contributed by atoms with Crippen LogP contribution in [0.2, 0.25) is 0 Å². The average Bonchev–Trinajstić information content (AvgIpc) is 2.81. The number of amidine groups is 1. The smallest absolute Gasteiger partial charge is 0.282 e. The number of rotatable bonds is 4. The van der Waals surface area contributed by atoms with E-state index in [0.29, 0.717) is 5.69 Å². The summed E-state index contributed by atoms with van der Waals surface area (Å²) >= 11 is 0. The van der Waals surface area contributed by atoms with Gasteiger partial charge in [-0.05, 0) is 19.0 Å². The number of aliphatic imine (C=N–C) groups is 1. The third kappa shape index (κ3) is 2.45. The van der Waals surface area contributed by atoms with Gasteiger partial charge in [0, 0.05) is 25.6 Å². The van der Waals surface area contributed by atoms with Crippen LogP contribution in [0.3, 0.4) is 0 Å². The standard InChI is InChI=1S/C12H17N3O/c1-2-15(11-6-4-3-5-7-11)8-10-9-16-12(13)14-10/h3-7,10H,2,8-9H2,1H3,(H2,13,14)/t10-/m0/s1/i1D3,2D2. The van der Waals surface area contributed by atoms with Gasteiger partial charge in [-0.1, -0.05) is 18.2 Å². The summed E-state index contributed by atoms with van der Waals surface area (Å²) in [5, 5.41) is 0. The lowest BCUT2D eigenvalue weighted by Gasteiger charge is -2.24. The van der Waals surface area contributed by atoms with E-state index >= 15 is 0 Å². The Balaban J connectivity index is 2.31. The molecular weight excluding hydrogens is 202 g/mol. The van der Waals surface area contributed by atoms with Crippen molar-refractivity contribution in [3.63, 3.8) is 0 Å². The molecule has 0 radical (unpaired) electrons. The number of para-hydroxylation sites is 1. The third-order valence-electron chi connectivity index (χ3n) is 2.33. The minimum atomic E-state index is -2.79. The molecule has 16 heavy (non-hydrogen) atoms. The molecule has 4 heteroatoms. The molecule has 0 saturated carbocycles. The molecule has 0 spiro atoms. The van der Waals surface area contributed by atoms with Gasteiger partial charge in [0.25, 0.3) is 6.02 Å². The van der Waals surface area contributed by atoms with Crippen LogP contribution < -0.4 is 10.6 Å². The molecule has 0 aliphatic carbocycles. The highest BCUT2D eigenvalue weighted by atomic mass is 16.5. The van der Waals surface area contributed by atoms with Crippen molar-refractivity contribution in [3.05, 3.63) is 30.3 Å². The number of benzene rings is 1. The van der Waals surface area contributed by atoms with E-state index in [0.717, 1.165) is 0 Å². The van der Waals surface area contributed by atoms with Gasteiger partial charge in [0.15, 0.2) is 0 Å². The highest BCUT2D eigenvalue weighted by Crippen LogP contribution is 2.15. The number of nitrogens with two attached hydrogens (primary N) is 1. The summed E-state index contributed by atoms with van der Waals surface area (Å²) < 4.78 is 43.4. The van der Waals surface area contributed by atoms with Crippen LogP contribution in [0.4, 0.5) is 5.69 Å². The lowest BCUT2D eigenvalue weighted by atomic mass is 10.2. The maximum atomic E-state index is 8.00. The van der Waals surface area contributed by atoms with Crippen molar-refractivity contribution >= 4 is 11.7 Å². The predicted octanol–water partition coefficient (Wildman–Crippen LogP) is 1.23. The second-order valence-electron chi connectivity index (χ2n) is 3.49. The minimum absolute atomic E-state index is 0.0439. The van der Waals surface area contributed by atoms with Gasteiger partial charge in [0.2, 0.25) is 0 Å². The highest BCUT2D eigenvalue weighted by molar-refractivity contribution is 5.73. The first-order chi connectivity index (χ1) is 9.72. The zero-order chi connectivity index (χ0) is 15.7. The van der Waals surface area contributed by atoms with Crippen LogP contribution >= 0.6 is 0 Å². The topological polar surface area (TPSA) is 50.9 Å². The van der Waals surface area contributed by atoms with Gasteiger partial charge in [-0.3, -0.25) is 0 Å². The number of hydrogen-bond donors (Lipinski definition) is 1. The normalized spacial score (nSPS) is 25.4. The minimum Gasteiger partial charge on any atom is -0.463 e. The van der Waals surface area contributed by atoms with Crippen molar-refractivity contribution in [1.29, 1.82) is 0 Å². The molecule has 0 fully saturated rings. The van der Waals surface area contributed by atoms with Crippen LogP contribution in [0, 0.1) is 0 Å². The summed E-state index contributed by atoms with van der Waals surface area (Å²) in [7, 11) is 0. The molecule has 1 aromatic carbocycles. The van der Waals surface area contributed by atoms with Crippen molar-refractivity contribution in [2.24, 2.45) is 10.7 Å². The lowest BCUT2D eigenvalue weighted by Crippen LogP contribution is -2.32. The summed E-state index contributed by atoms with van der Waals surface area (Å²) in [6, 6.07) is 8.19. The van der Waals surface area contributed by atoms with Crippen LogP contribution in [0.5, 0.6) is 0 Å². The van der Waals surface area contributed by atoms with E-state index in [-0.39, 0.29) is 19.2 Å². The monoisotopic (exact) mass is 224 g/mol. The average molecular weight is 224 g/mol. The maximum absolute atomic E-state index is 8.00. The van der Waals surface area contributed by atoms with E-state index in [1.54, 1.807) is 30.3 Å². The van der Waals surface area contributed by atoms with Gasteiger partial charge in [0.05, 0.1) is 0 Å². The number of ether oxygens (including phenoxy) is 1. The Morgan fingerprint density at radius 3 is 3.06 bits per heavy atom. The zero-order valence-corrected chi connectivity index (χ0v) is 8.76. The predicted molar refractivity (Wildman–Crippen MR) is 65.7 cm³/mol. The fourth-order valence-electron chi connectivity index (χ4n) is 1.56. The maximum Gasteiger partial charge on any atom is 0.282 e. The molecule has 0 aromatic heterocycles. The number of nitrogens with zero attached hydrogens (tertiary/aromatic N) is 2. The largest absolute Gasteiger partial charge is 0.463 e. The third-order valence-corrected chi connectivity index (χ3v) is 2.33. The zero-order valence-electron chi connectivity index (χ0n) is 13.8. The molecule has 1 heterocycles. The van der Waals surface area contributed by atoms with Gasteiger partial charge in [-0.25, -0.2) is 4.99 Å². The van der Waals surface area contributed by atoms with Gasteiger partial charge in [-0.2, -0.15) is 0 Å². The molecule has 1 atom stereocenters. The molecule has 2 rings (SSSR count). The van der Waals surface area contributed by atoms with E-state index in [9.17, 15) is 0 Å². The lowest BCUT2D eigenvalue weighted by molar-refractivity contribution is 0.313. The van der Waals surface area contributed by atoms with E-state index in [4.69, 9.17) is 17.3 Å². The molecule has 1 aliphatic rings. The summed E-state index contributed by atoms with van der Waals surface area (Å²) in [6.07, 6.45) is 0. The quantitative estimate of drug-likeness (QED) is 0.836. The van der Waals surface area contributed by atoms with Crippen LogP contribution in [-0.4, -0.2) is 31.7 Å². The van der Waals surface area contributed by atoms with Crippen LogP contribution in [-0.2, 0) is 4.74 Å². The Labute approximate surface area is 103 Å². The molecule has 0 bridgehead atoms. The molecule has 0 unspecified atom stereocenters. The second-order valence-corrected chi connectivity index (χ2v) is 3.49. The van der Waals surface area contributed by atoms with Crippen molar-refractivity contribution in [3.8, 4) is 0 Å². The van der Waals surface area contributed by atoms with E-state index in [1.807, 2.05) is 0 Å². The molecule has 1 aliphatic heterocycles. The molecule has 1 aromatic rings. The molecule has 4 nitrogen and oxygen atoms in total. The summed E-state index contributed by atoms with van der Waals surface area (Å²) in [4.78, 5) is 5.22. The van der Waals surface area contributed by atoms with Gasteiger partial charge < -0.3 is 15.4 Å². The van der Waals surface area contributed by atoms with E-state index in [2.05, 4.69) is 4.99 Å². The van der Waals surface area contributed by atoms with E-state index < -0.39 is 19.4 Å². The van der Waals surface area contributed by atoms with Crippen molar-refractivity contribution < 1.29 is 11.6 Å². The summed E-state index contributed by atoms with van der Waals surface area (Å²) in [5.74, 6) is 0. The van der Waals surface area contributed by atoms with Gasteiger partial charge in [0.1, 0.15) is 12.6 Å². The van der Waals surface area contributed by atoms with Crippen LogP contribution in [0.1, 0.15) is 13.7 Å². The van der Waals surface area contributed by atoms with Crippen LogP contribution in [0.15, 0.2) is 35.3 Å². The first-order valence-electron chi connectivity index (χ1n) is 7.50.